The normalized spacial score (nSPS) is 13.0. The Bertz CT molecular complexity index is 565. The Morgan fingerprint density at radius 2 is 1.76 bits per heavy atom. The molecule has 21 heavy (non-hydrogen) atoms. The van der Waals surface area contributed by atoms with E-state index >= 15 is 0 Å². The molecule has 1 N–H and O–H groups in total. The first-order valence-corrected chi connectivity index (χ1v) is 5.44. The van der Waals surface area contributed by atoms with Crippen LogP contribution in [0.3, 0.4) is 0 Å². The van der Waals surface area contributed by atoms with E-state index in [-0.39, 0.29) is 5.69 Å². The number of hydrogen-bond acceptors (Lipinski definition) is 6. The highest BCUT2D eigenvalue weighted by Gasteiger charge is 2.39. The molecule has 0 amide bonds. The summed E-state index contributed by atoms with van der Waals surface area (Å²) in [5, 5.41) is 15.5. The number of hydrogen-bond donors (Lipinski definition) is 1. The van der Waals surface area contributed by atoms with E-state index in [9.17, 15) is 18.0 Å². The summed E-state index contributed by atoms with van der Waals surface area (Å²) in [5.74, 6) is -3.12. The highest BCUT2D eigenvalue weighted by molar-refractivity contribution is 5.88. The lowest BCUT2D eigenvalue weighted by Gasteiger charge is -2.07. The van der Waals surface area contributed by atoms with Crippen molar-refractivity contribution in [3.8, 4) is 5.75 Å². The van der Waals surface area contributed by atoms with Crippen LogP contribution in [-0.4, -0.2) is 31.5 Å². The van der Waals surface area contributed by atoms with Crippen LogP contribution in [0.4, 0.5) is 18.9 Å². The largest absolute Gasteiger partial charge is 0.502 e. The molecule has 0 radical (unpaired) electrons. The van der Waals surface area contributed by atoms with E-state index in [2.05, 4.69) is 15.0 Å². The van der Waals surface area contributed by atoms with Crippen molar-refractivity contribution in [2.45, 2.75) is 6.18 Å². The van der Waals surface area contributed by atoms with Gasteiger partial charge in [0, 0.05) is 0 Å². The maximum absolute atomic E-state index is 12.4. The average molecular weight is 304 g/mol. The minimum atomic E-state index is -5.14. The second kappa shape index (κ2) is 6.73. The fourth-order valence-corrected chi connectivity index (χ4v) is 1.17. The van der Waals surface area contributed by atoms with Crippen molar-refractivity contribution < 1.29 is 32.5 Å². The second-order valence-electron chi connectivity index (χ2n) is 3.58. The summed E-state index contributed by atoms with van der Waals surface area (Å²) in [6.07, 6.45) is -5.14. The molecule has 0 aliphatic carbocycles. The van der Waals surface area contributed by atoms with Crippen molar-refractivity contribution in [2.75, 3.05) is 14.2 Å². The van der Waals surface area contributed by atoms with Gasteiger partial charge in [-0.25, -0.2) is 4.79 Å². The minimum Gasteiger partial charge on any atom is -0.502 e. The van der Waals surface area contributed by atoms with Crippen molar-refractivity contribution in [1.82, 2.24) is 0 Å². The Balaban J connectivity index is 3.12. The van der Waals surface area contributed by atoms with Gasteiger partial charge in [0.1, 0.15) is 5.75 Å². The van der Waals surface area contributed by atoms with E-state index in [0.717, 1.165) is 7.11 Å². The highest BCUT2D eigenvalue weighted by Crippen LogP contribution is 2.28. The van der Waals surface area contributed by atoms with Crippen LogP contribution in [0.2, 0.25) is 0 Å². The van der Waals surface area contributed by atoms with E-state index in [1.807, 2.05) is 0 Å². The van der Waals surface area contributed by atoms with Gasteiger partial charge in [-0.1, -0.05) is 0 Å². The van der Waals surface area contributed by atoms with Crippen molar-refractivity contribution in [3.05, 3.63) is 35.7 Å². The van der Waals surface area contributed by atoms with E-state index < -0.39 is 23.6 Å². The SMILES string of the molecule is COC(=O)/C(N=Nc1ccc(OC)cc1)=C(/O)C(F)(F)F. The van der Waals surface area contributed by atoms with Crippen LogP contribution in [0.15, 0.2) is 46.0 Å². The molecular formula is C12H11F3N2O4. The first kappa shape index (κ1) is 16.5. The molecule has 9 heteroatoms. The van der Waals surface area contributed by atoms with Crippen molar-refractivity contribution in [3.63, 3.8) is 0 Å². The molecule has 0 saturated heterocycles. The Labute approximate surface area is 117 Å². The van der Waals surface area contributed by atoms with Gasteiger partial charge >= 0.3 is 12.1 Å². The number of benzene rings is 1. The molecule has 0 saturated carbocycles. The van der Waals surface area contributed by atoms with Crippen LogP contribution >= 0.6 is 0 Å². The third kappa shape index (κ3) is 4.48. The summed E-state index contributed by atoms with van der Waals surface area (Å²) in [6, 6.07) is 5.81. The molecule has 1 aromatic carbocycles. The van der Waals surface area contributed by atoms with Crippen LogP contribution in [0.25, 0.3) is 0 Å². The lowest BCUT2D eigenvalue weighted by Crippen LogP contribution is -2.17. The zero-order valence-corrected chi connectivity index (χ0v) is 11.0. The summed E-state index contributed by atoms with van der Waals surface area (Å²) in [7, 11) is 2.30. The minimum absolute atomic E-state index is 0.159. The van der Waals surface area contributed by atoms with Gasteiger partial charge in [-0.05, 0) is 24.3 Å². The summed E-state index contributed by atoms with van der Waals surface area (Å²) in [5.41, 5.74) is -1.17. The van der Waals surface area contributed by atoms with Gasteiger partial charge in [-0.3, -0.25) is 0 Å². The van der Waals surface area contributed by atoms with Gasteiger partial charge in [0.05, 0.1) is 19.9 Å². The molecule has 0 heterocycles. The second-order valence-corrected chi connectivity index (χ2v) is 3.58. The van der Waals surface area contributed by atoms with Crippen molar-refractivity contribution in [1.29, 1.82) is 0 Å². The van der Waals surface area contributed by atoms with E-state index in [1.165, 1.54) is 31.4 Å². The van der Waals surface area contributed by atoms with Gasteiger partial charge in [-0.15, -0.1) is 5.11 Å². The zero-order valence-electron chi connectivity index (χ0n) is 11.0. The number of allylic oxidation sites excluding steroid dienone is 1. The molecule has 6 nitrogen and oxygen atoms in total. The topological polar surface area (TPSA) is 80.5 Å². The van der Waals surface area contributed by atoms with Crippen molar-refractivity contribution in [2.24, 2.45) is 10.2 Å². The molecular weight excluding hydrogens is 293 g/mol. The number of aliphatic hydroxyl groups is 1. The molecule has 1 rings (SSSR count). The first-order chi connectivity index (χ1) is 9.79. The molecule has 0 aromatic heterocycles. The number of methoxy groups -OCH3 is 2. The van der Waals surface area contributed by atoms with E-state index in [0.29, 0.717) is 5.75 Å². The van der Waals surface area contributed by atoms with Gasteiger partial charge in [-0.2, -0.15) is 18.3 Å². The first-order valence-electron chi connectivity index (χ1n) is 5.44. The standard InChI is InChI=1S/C12H11F3N2O4/c1-20-8-5-3-7(4-6-8)16-17-9(11(19)21-2)10(18)12(13,14)15/h3-6,18H,1-2H3/b10-9-,17-16?. The fraction of sp³-hybridized carbons (Fsp3) is 0.250. The van der Waals surface area contributed by atoms with Gasteiger partial charge < -0.3 is 14.6 Å². The predicted octanol–water partition coefficient (Wildman–Crippen LogP) is 3.28. The molecule has 0 aliphatic heterocycles. The third-order valence-corrected chi connectivity index (χ3v) is 2.21. The number of alkyl halides is 3. The maximum Gasteiger partial charge on any atom is 0.451 e. The molecule has 0 aliphatic rings. The Morgan fingerprint density at radius 1 is 1.19 bits per heavy atom. The van der Waals surface area contributed by atoms with Gasteiger partial charge in [0.25, 0.3) is 0 Å². The zero-order chi connectivity index (χ0) is 16.0. The third-order valence-electron chi connectivity index (χ3n) is 2.21. The van der Waals surface area contributed by atoms with Crippen LogP contribution in [0.1, 0.15) is 0 Å². The number of esters is 1. The molecule has 114 valence electrons. The summed E-state index contributed by atoms with van der Waals surface area (Å²) in [6.45, 7) is 0. The number of aliphatic hydroxyl groups excluding tert-OH is 1. The van der Waals surface area contributed by atoms with E-state index in [1.54, 1.807) is 0 Å². The molecule has 0 atom stereocenters. The smallest absolute Gasteiger partial charge is 0.451 e. The number of nitrogens with zero attached hydrogens (tertiary/aromatic N) is 2. The van der Waals surface area contributed by atoms with Crippen LogP contribution < -0.4 is 4.74 Å². The lowest BCUT2D eigenvalue weighted by molar-refractivity contribution is -0.141. The number of carbonyl (C=O) groups excluding carboxylic acids is 1. The highest BCUT2D eigenvalue weighted by atomic mass is 19.4. The van der Waals surface area contributed by atoms with Crippen molar-refractivity contribution >= 4 is 11.7 Å². The van der Waals surface area contributed by atoms with Crippen LogP contribution in [-0.2, 0) is 9.53 Å². The average Bonchev–Trinajstić information content (AvgIpc) is 2.46. The monoisotopic (exact) mass is 304 g/mol. The maximum atomic E-state index is 12.4. The fourth-order valence-electron chi connectivity index (χ4n) is 1.17. The van der Waals surface area contributed by atoms with E-state index in [4.69, 9.17) is 9.84 Å². The Kier molecular flexibility index (Phi) is 5.28. The molecule has 0 bridgehead atoms. The number of rotatable bonds is 4. The molecule has 1 aromatic rings. The summed E-state index contributed by atoms with van der Waals surface area (Å²) in [4.78, 5) is 11.2. The van der Waals surface area contributed by atoms with Crippen LogP contribution in [0.5, 0.6) is 5.75 Å². The Hall–Kier alpha value is -2.58. The number of azo groups is 1. The quantitative estimate of drug-likeness (QED) is 0.400. The molecule has 0 spiro atoms. The number of ether oxygens (including phenoxy) is 2. The lowest BCUT2D eigenvalue weighted by atomic mass is 10.3. The number of carbonyl (C=O) groups is 1. The summed E-state index contributed by atoms with van der Waals surface area (Å²) >= 11 is 0. The Morgan fingerprint density at radius 3 is 2.19 bits per heavy atom. The van der Waals surface area contributed by atoms with Crippen LogP contribution in [0, 0.1) is 0 Å². The van der Waals surface area contributed by atoms with Gasteiger partial charge in [0.15, 0.2) is 0 Å². The van der Waals surface area contributed by atoms with Gasteiger partial charge in [0.2, 0.25) is 11.5 Å². The number of halogens is 3. The molecule has 0 unspecified atom stereocenters. The predicted molar refractivity (Wildman–Crippen MR) is 65.2 cm³/mol. The summed E-state index contributed by atoms with van der Waals surface area (Å²) < 4.78 is 46.2. The molecule has 0 fully saturated rings.